The Bertz CT molecular complexity index is 849. The first-order chi connectivity index (χ1) is 9.20. The molecule has 0 aliphatic heterocycles. The van der Waals surface area contributed by atoms with E-state index >= 15 is 0 Å². The van der Waals surface area contributed by atoms with E-state index in [1.54, 1.807) is 42.5 Å². The summed E-state index contributed by atoms with van der Waals surface area (Å²) in [6.07, 6.45) is 0. The van der Waals surface area contributed by atoms with Crippen LogP contribution in [0, 0.1) is 0 Å². The standard InChI is InChI=1S/C14H9ClN2O2/c15-8-5-6-12-11(7-8)13(17-19)9-3-1-2-4-10(9)14(18)16-12/h1-7,17,19H. The third-order valence-corrected chi connectivity index (χ3v) is 3.22. The van der Waals surface area contributed by atoms with E-state index in [0.29, 0.717) is 32.4 Å². The first-order valence-corrected chi connectivity index (χ1v) is 6.01. The lowest BCUT2D eigenvalue weighted by Gasteiger charge is -2.03. The molecule has 1 aromatic heterocycles. The van der Waals surface area contributed by atoms with Crippen molar-refractivity contribution < 1.29 is 5.21 Å². The first kappa shape index (κ1) is 11.9. The van der Waals surface area contributed by atoms with Crippen LogP contribution in [0.1, 0.15) is 0 Å². The Morgan fingerprint density at radius 1 is 1.05 bits per heavy atom. The number of nitrogens with one attached hydrogen (secondary N) is 1. The molecule has 3 aromatic rings. The second kappa shape index (κ2) is 4.50. The Morgan fingerprint density at radius 2 is 1.79 bits per heavy atom. The van der Waals surface area contributed by atoms with E-state index in [1.165, 1.54) is 0 Å². The minimum Gasteiger partial charge on any atom is -0.291 e. The van der Waals surface area contributed by atoms with E-state index in [2.05, 4.69) is 10.5 Å². The van der Waals surface area contributed by atoms with Gasteiger partial charge in [0.05, 0.1) is 16.6 Å². The molecule has 0 spiro atoms. The van der Waals surface area contributed by atoms with E-state index in [-0.39, 0.29) is 5.56 Å². The number of halogens is 1. The number of benzene rings is 2. The van der Waals surface area contributed by atoms with Crippen molar-refractivity contribution in [3.8, 4) is 0 Å². The van der Waals surface area contributed by atoms with Gasteiger partial charge in [-0.2, -0.15) is 0 Å². The normalized spacial score (nSPS) is 10.8. The molecule has 4 nitrogen and oxygen atoms in total. The Hall–Kier alpha value is -2.17. The zero-order valence-electron chi connectivity index (χ0n) is 9.72. The molecule has 1 heterocycles. The van der Waals surface area contributed by atoms with Crippen LogP contribution in [0.15, 0.2) is 47.3 Å². The van der Waals surface area contributed by atoms with E-state index in [4.69, 9.17) is 11.6 Å². The third-order valence-electron chi connectivity index (χ3n) is 2.99. The molecule has 0 amide bonds. The average molecular weight is 273 g/mol. The van der Waals surface area contributed by atoms with Gasteiger partial charge in [0.15, 0.2) is 0 Å². The van der Waals surface area contributed by atoms with Gasteiger partial charge in [0, 0.05) is 15.8 Å². The van der Waals surface area contributed by atoms with E-state index in [1.807, 2.05) is 0 Å². The number of anilines is 1. The van der Waals surface area contributed by atoms with Crippen LogP contribution in [0.5, 0.6) is 0 Å². The van der Waals surface area contributed by atoms with Crippen LogP contribution < -0.4 is 11.0 Å². The van der Waals surface area contributed by atoms with Crippen LogP contribution in [0.4, 0.5) is 5.69 Å². The largest absolute Gasteiger partial charge is 0.291 e. The number of hydrogen-bond acceptors (Lipinski definition) is 4. The highest BCUT2D eigenvalue weighted by Crippen LogP contribution is 2.29. The predicted molar refractivity (Wildman–Crippen MR) is 75.9 cm³/mol. The van der Waals surface area contributed by atoms with Gasteiger partial charge in [-0.05, 0) is 24.3 Å². The number of hydrogen-bond donors (Lipinski definition) is 2. The van der Waals surface area contributed by atoms with Crippen LogP contribution in [0.25, 0.3) is 21.7 Å². The summed E-state index contributed by atoms with van der Waals surface area (Å²) < 4.78 is 0. The molecule has 5 heteroatoms. The molecule has 3 rings (SSSR count). The molecule has 2 N–H and O–H groups in total. The zero-order valence-corrected chi connectivity index (χ0v) is 10.5. The predicted octanol–water partition coefficient (Wildman–Crippen LogP) is 3.20. The molecule has 0 saturated heterocycles. The molecule has 0 fully saturated rings. The van der Waals surface area contributed by atoms with Crippen molar-refractivity contribution in [2.24, 2.45) is 0 Å². The van der Waals surface area contributed by atoms with Gasteiger partial charge in [0.2, 0.25) is 0 Å². The fourth-order valence-electron chi connectivity index (χ4n) is 2.13. The monoisotopic (exact) mass is 272 g/mol. The molecule has 0 saturated carbocycles. The number of aromatic nitrogens is 1. The summed E-state index contributed by atoms with van der Waals surface area (Å²) in [7, 11) is 0. The highest BCUT2D eigenvalue weighted by Gasteiger charge is 2.08. The molecule has 94 valence electrons. The van der Waals surface area contributed by atoms with Crippen molar-refractivity contribution in [2.75, 3.05) is 5.48 Å². The minimum absolute atomic E-state index is 0.343. The second-order valence-corrected chi connectivity index (χ2v) is 4.55. The Kier molecular flexibility index (Phi) is 2.81. The number of fused-ring (bicyclic) bond motifs is 2. The molecular formula is C14H9ClN2O2. The van der Waals surface area contributed by atoms with Crippen molar-refractivity contribution in [1.29, 1.82) is 0 Å². The third kappa shape index (κ3) is 1.91. The van der Waals surface area contributed by atoms with E-state index in [0.717, 1.165) is 0 Å². The van der Waals surface area contributed by atoms with Crippen molar-refractivity contribution in [1.82, 2.24) is 4.98 Å². The molecular weight excluding hydrogens is 264 g/mol. The van der Waals surface area contributed by atoms with Gasteiger partial charge >= 0.3 is 0 Å². The summed E-state index contributed by atoms with van der Waals surface area (Å²) in [6, 6.07) is 11.9. The molecule has 0 aliphatic rings. The first-order valence-electron chi connectivity index (χ1n) is 5.63. The Balaban J connectivity index is 2.69. The zero-order chi connectivity index (χ0) is 13.4. The highest BCUT2D eigenvalue weighted by atomic mass is 35.5. The highest BCUT2D eigenvalue weighted by molar-refractivity contribution is 6.31. The topological polar surface area (TPSA) is 62.2 Å². The van der Waals surface area contributed by atoms with Gasteiger partial charge < -0.3 is 0 Å². The van der Waals surface area contributed by atoms with Gasteiger partial charge in [0.1, 0.15) is 0 Å². The lowest BCUT2D eigenvalue weighted by molar-refractivity contribution is 0.390. The fraction of sp³-hybridized carbons (Fsp3) is 0. The summed E-state index contributed by atoms with van der Waals surface area (Å²) in [5.74, 6) is 0. The summed E-state index contributed by atoms with van der Waals surface area (Å²) in [4.78, 5) is 16.1. The average Bonchev–Trinajstić information content (AvgIpc) is 2.53. The van der Waals surface area contributed by atoms with Crippen LogP contribution in [0.3, 0.4) is 0 Å². The summed E-state index contributed by atoms with van der Waals surface area (Å²) in [6.45, 7) is 0. The molecule has 0 atom stereocenters. The number of rotatable bonds is 1. The summed E-state index contributed by atoms with van der Waals surface area (Å²) in [5.41, 5.74) is 2.70. The minimum atomic E-state index is -0.343. The van der Waals surface area contributed by atoms with Crippen molar-refractivity contribution >= 4 is 39.0 Å². The second-order valence-electron chi connectivity index (χ2n) is 4.11. The van der Waals surface area contributed by atoms with Crippen LogP contribution in [0.2, 0.25) is 5.02 Å². The molecule has 0 radical (unpaired) electrons. The number of nitrogens with zero attached hydrogens (tertiary/aromatic N) is 1. The van der Waals surface area contributed by atoms with E-state index in [9.17, 15) is 10.0 Å². The molecule has 0 bridgehead atoms. The van der Waals surface area contributed by atoms with Gasteiger partial charge in [-0.25, -0.2) is 4.98 Å². The molecule has 0 unspecified atom stereocenters. The molecule has 0 aliphatic carbocycles. The van der Waals surface area contributed by atoms with Crippen molar-refractivity contribution in [3.63, 3.8) is 0 Å². The lowest BCUT2D eigenvalue weighted by Crippen LogP contribution is -2.01. The van der Waals surface area contributed by atoms with Crippen LogP contribution in [-0.4, -0.2) is 10.2 Å². The maximum Gasteiger partial charge on any atom is 0.278 e. The van der Waals surface area contributed by atoms with E-state index < -0.39 is 0 Å². The smallest absolute Gasteiger partial charge is 0.278 e. The van der Waals surface area contributed by atoms with Crippen molar-refractivity contribution in [3.05, 3.63) is 57.8 Å². The van der Waals surface area contributed by atoms with Crippen molar-refractivity contribution in [2.45, 2.75) is 0 Å². The van der Waals surface area contributed by atoms with Gasteiger partial charge in [0.25, 0.3) is 5.56 Å². The molecule has 2 aromatic carbocycles. The summed E-state index contributed by atoms with van der Waals surface area (Å²) in [5, 5.41) is 11.5. The maximum absolute atomic E-state index is 12.1. The molecule has 19 heavy (non-hydrogen) atoms. The van der Waals surface area contributed by atoms with Crippen LogP contribution in [-0.2, 0) is 0 Å². The Labute approximate surface area is 113 Å². The van der Waals surface area contributed by atoms with Gasteiger partial charge in [-0.3, -0.25) is 15.5 Å². The Morgan fingerprint density at radius 3 is 2.53 bits per heavy atom. The summed E-state index contributed by atoms with van der Waals surface area (Å²) >= 11 is 5.97. The maximum atomic E-state index is 12.1. The SMILES string of the molecule is O=c1nc2ccc(Cl)cc2c(NO)c2ccccc12. The quantitative estimate of drug-likeness (QED) is 0.668. The van der Waals surface area contributed by atoms with Gasteiger partial charge in [-0.15, -0.1) is 0 Å². The van der Waals surface area contributed by atoms with Gasteiger partial charge in [-0.1, -0.05) is 29.8 Å². The lowest BCUT2D eigenvalue weighted by atomic mass is 10.1. The van der Waals surface area contributed by atoms with Crippen LogP contribution >= 0.6 is 11.6 Å². The fourth-order valence-corrected chi connectivity index (χ4v) is 2.30.